The van der Waals surface area contributed by atoms with Gasteiger partial charge in [-0.25, -0.2) is 0 Å². The second-order valence-electron chi connectivity index (χ2n) is 5.07. The number of unbranched alkanes of at least 4 members (excludes halogenated alkanes) is 9. The highest BCUT2D eigenvalue weighted by Gasteiger charge is 1.89. The predicted molar refractivity (Wildman–Crippen MR) is 84.7 cm³/mol. The second-order valence-corrected chi connectivity index (χ2v) is 5.07. The molecule has 0 nitrogen and oxygen atoms in total. The summed E-state index contributed by atoms with van der Waals surface area (Å²) in [5, 5.41) is 0. The predicted octanol–water partition coefficient (Wildman–Crippen LogP) is 6.63. The SMILES string of the molecule is [CH2]CC=CCCCC=CCCCCCCCCC. The van der Waals surface area contributed by atoms with Crippen molar-refractivity contribution in [3.05, 3.63) is 31.2 Å². The standard InChI is InChI=1S/C18H33/c1-3-5-7-9-11-13-15-17-18-16-14-12-10-8-6-4-2/h5,7,15,17H,1,3-4,6,8-14,16,18H2,2H3. The van der Waals surface area contributed by atoms with Crippen LogP contribution in [0.3, 0.4) is 0 Å². The van der Waals surface area contributed by atoms with E-state index in [1.165, 1.54) is 70.6 Å². The zero-order valence-electron chi connectivity index (χ0n) is 12.5. The maximum atomic E-state index is 3.78. The van der Waals surface area contributed by atoms with Gasteiger partial charge in [-0.05, 0) is 45.4 Å². The number of hydrogen-bond acceptors (Lipinski definition) is 0. The Morgan fingerprint density at radius 1 is 0.611 bits per heavy atom. The molecule has 0 aromatic carbocycles. The molecule has 0 spiro atoms. The van der Waals surface area contributed by atoms with Crippen molar-refractivity contribution in [2.24, 2.45) is 0 Å². The van der Waals surface area contributed by atoms with Crippen LogP contribution in [0.25, 0.3) is 0 Å². The summed E-state index contributed by atoms with van der Waals surface area (Å²) in [6.45, 7) is 6.06. The molecule has 0 heterocycles. The minimum Gasteiger partial charge on any atom is -0.0885 e. The smallest absolute Gasteiger partial charge is 0.0348 e. The van der Waals surface area contributed by atoms with Crippen LogP contribution in [0.15, 0.2) is 24.3 Å². The van der Waals surface area contributed by atoms with Gasteiger partial charge in [0.15, 0.2) is 0 Å². The van der Waals surface area contributed by atoms with Gasteiger partial charge in [-0.1, -0.05) is 69.8 Å². The fourth-order valence-electron chi connectivity index (χ4n) is 2.04. The van der Waals surface area contributed by atoms with Crippen LogP contribution in [0, 0.1) is 6.92 Å². The Hall–Kier alpha value is -0.520. The van der Waals surface area contributed by atoms with Gasteiger partial charge in [0.25, 0.3) is 0 Å². The molecule has 0 aliphatic carbocycles. The van der Waals surface area contributed by atoms with E-state index in [-0.39, 0.29) is 0 Å². The summed E-state index contributed by atoms with van der Waals surface area (Å²) < 4.78 is 0. The molecular weight excluding hydrogens is 216 g/mol. The number of allylic oxidation sites excluding steroid dienone is 4. The van der Waals surface area contributed by atoms with Crippen molar-refractivity contribution in [1.29, 1.82) is 0 Å². The minimum atomic E-state index is 0.925. The third-order valence-electron chi connectivity index (χ3n) is 3.22. The lowest BCUT2D eigenvalue weighted by Gasteiger charge is -1.98. The van der Waals surface area contributed by atoms with Gasteiger partial charge in [0, 0.05) is 0 Å². The van der Waals surface area contributed by atoms with Gasteiger partial charge < -0.3 is 0 Å². The van der Waals surface area contributed by atoms with Crippen molar-refractivity contribution in [3.8, 4) is 0 Å². The average molecular weight is 249 g/mol. The fraction of sp³-hybridized carbons (Fsp3) is 0.722. The summed E-state index contributed by atoms with van der Waals surface area (Å²) in [6, 6.07) is 0. The first kappa shape index (κ1) is 17.5. The van der Waals surface area contributed by atoms with Crippen LogP contribution in [-0.4, -0.2) is 0 Å². The van der Waals surface area contributed by atoms with Crippen molar-refractivity contribution in [2.45, 2.75) is 84.0 Å². The van der Waals surface area contributed by atoms with E-state index in [9.17, 15) is 0 Å². The third-order valence-corrected chi connectivity index (χ3v) is 3.22. The molecule has 0 atom stereocenters. The lowest BCUT2D eigenvalue weighted by molar-refractivity contribution is 0.592. The molecule has 0 aliphatic rings. The van der Waals surface area contributed by atoms with Crippen molar-refractivity contribution in [2.75, 3.05) is 0 Å². The highest BCUT2D eigenvalue weighted by Crippen LogP contribution is 2.09. The normalized spacial score (nSPS) is 11.9. The van der Waals surface area contributed by atoms with Crippen molar-refractivity contribution in [1.82, 2.24) is 0 Å². The molecule has 0 fully saturated rings. The first-order chi connectivity index (χ1) is 8.91. The van der Waals surface area contributed by atoms with Gasteiger partial charge in [-0.15, -0.1) is 0 Å². The molecule has 1 radical (unpaired) electrons. The Morgan fingerprint density at radius 2 is 1.11 bits per heavy atom. The number of hydrogen-bond donors (Lipinski definition) is 0. The third kappa shape index (κ3) is 15.5. The monoisotopic (exact) mass is 249 g/mol. The summed E-state index contributed by atoms with van der Waals surface area (Å²) in [7, 11) is 0. The van der Waals surface area contributed by atoms with Gasteiger partial charge >= 0.3 is 0 Å². The maximum Gasteiger partial charge on any atom is -0.0348 e. The second kappa shape index (κ2) is 16.5. The molecule has 0 unspecified atom stereocenters. The molecule has 105 valence electrons. The molecule has 18 heavy (non-hydrogen) atoms. The molecule has 0 N–H and O–H groups in total. The van der Waals surface area contributed by atoms with Crippen LogP contribution in [0.4, 0.5) is 0 Å². The zero-order chi connectivity index (χ0) is 13.3. The summed E-state index contributed by atoms with van der Waals surface area (Å²) >= 11 is 0. The Labute approximate surface area is 116 Å². The molecular formula is C18H33. The van der Waals surface area contributed by atoms with E-state index in [0.717, 1.165) is 6.42 Å². The summed E-state index contributed by atoms with van der Waals surface area (Å²) in [6.07, 6.45) is 24.9. The Bertz CT molecular complexity index is 188. The zero-order valence-corrected chi connectivity index (χ0v) is 12.5. The van der Waals surface area contributed by atoms with E-state index in [1.54, 1.807) is 0 Å². The summed E-state index contributed by atoms with van der Waals surface area (Å²) in [5.74, 6) is 0. The molecule has 0 rings (SSSR count). The van der Waals surface area contributed by atoms with Gasteiger partial charge in [0.1, 0.15) is 0 Å². The Morgan fingerprint density at radius 3 is 1.72 bits per heavy atom. The van der Waals surface area contributed by atoms with Crippen LogP contribution < -0.4 is 0 Å². The number of rotatable bonds is 13. The molecule has 0 amide bonds. The van der Waals surface area contributed by atoms with Crippen LogP contribution in [0.2, 0.25) is 0 Å². The Balaban J connectivity index is 3.06. The molecule has 0 saturated carbocycles. The van der Waals surface area contributed by atoms with E-state index in [4.69, 9.17) is 0 Å². The van der Waals surface area contributed by atoms with E-state index in [1.807, 2.05) is 0 Å². The largest absolute Gasteiger partial charge is 0.0885 e. The van der Waals surface area contributed by atoms with Gasteiger partial charge in [-0.2, -0.15) is 0 Å². The van der Waals surface area contributed by atoms with Crippen LogP contribution in [-0.2, 0) is 0 Å². The molecule has 0 bridgehead atoms. The van der Waals surface area contributed by atoms with E-state index in [2.05, 4.69) is 38.2 Å². The van der Waals surface area contributed by atoms with Gasteiger partial charge in [0.05, 0.1) is 0 Å². The summed E-state index contributed by atoms with van der Waals surface area (Å²) in [4.78, 5) is 0. The lowest BCUT2D eigenvalue weighted by Crippen LogP contribution is -1.79. The highest BCUT2D eigenvalue weighted by atomic mass is 14.0. The lowest BCUT2D eigenvalue weighted by atomic mass is 10.1. The van der Waals surface area contributed by atoms with Crippen LogP contribution in [0.1, 0.15) is 84.0 Å². The van der Waals surface area contributed by atoms with E-state index in [0.29, 0.717) is 0 Å². The Kier molecular flexibility index (Phi) is 16.0. The van der Waals surface area contributed by atoms with Crippen molar-refractivity contribution >= 4 is 0 Å². The van der Waals surface area contributed by atoms with Crippen LogP contribution >= 0.6 is 0 Å². The minimum absolute atomic E-state index is 0.925. The van der Waals surface area contributed by atoms with Gasteiger partial charge in [-0.3, -0.25) is 0 Å². The molecule has 0 aromatic heterocycles. The van der Waals surface area contributed by atoms with Gasteiger partial charge in [0.2, 0.25) is 0 Å². The fourth-order valence-corrected chi connectivity index (χ4v) is 2.04. The first-order valence-electron chi connectivity index (χ1n) is 8.01. The van der Waals surface area contributed by atoms with Crippen molar-refractivity contribution in [3.63, 3.8) is 0 Å². The quantitative estimate of drug-likeness (QED) is 0.254. The van der Waals surface area contributed by atoms with E-state index < -0.39 is 0 Å². The topological polar surface area (TPSA) is 0 Å². The molecule has 0 heteroatoms. The molecule has 0 aromatic rings. The first-order valence-corrected chi connectivity index (χ1v) is 8.01. The summed E-state index contributed by atoms with van der Waals surface area (Å²) in [5.41, 5.74) is 0. The molecule has 0 aliphatic heterocycles. The molecule has 0 saturated heterocycles. The average Bonchev–Trinajstić information content (AvgIpc) is 2.39. The maximum absolute atomic E-state index is 3.78. The van der Waals surface area contributed by atoms with Crippen LogP contribution in [0.5, 0.6) is 0 Å². The van der Waals surface area contributed by atoms with Crippen molar-refractivity contribution < 1.29 is 0 Å². The highest BCUT2D eigenvalue weighted by molar-refractivity contribution is 4.85. The van der Waals surface area contributed by atoms with E-state index >= 15 is 0 Å².